The van der Waals surface area contributed by atoms with Crippen molar-refractivity contribution in [3.8, 4) is 0 Å². The van der Waals surface area contributed by atoms with Crippen molar-refractivity contribution in [2.45, 2.75) is 0 Å². The van der Waals surface area contributed by atoms with Crippen molar-refractivity contribution in [1.29, 1.82) is 0 Å². The maximum Gasteiger partial charge on any atom is 0.131 e. The fraction of sp³-hybridized carbons (Fsp3) is 0.167. The van der Waals surface area contributed by atoms with Crippen LogP contribution in [0, 0.1) is 0 Å². The molecule has 1 heterocycles. The van der Waals surface area contributed by atoms with E-state index in [4.69, 9.17) is 0 Å². The number of fused-ring (bicyclic) bond motifs is 1. The minimum absolute atomic E-state index is 0.343. The zero-order valence-corrected chi connectivity index (χ0v) is 12.5. The number of para-hydroxylation sites is 2. The van der Waals surface area contributed by atoms with Gasteiger partial charge in [0.05, 0.1) is 11.0 Å². The van der Waals surface area contributed by atoms with Crippen LogP contribution in [-0.2, 0) is 0 Å². The number of imidazole rings is 1. The largest absolute Gasteiger partial charge is 0.372 e. The zero-order valence-electron chi connectivity index (χ0n) is 12.5. The molecule has 0 aliphatic rings. The van der Waals surface area contributed by atoms with Crippen LogP contribution in [0.1, 0.15) is 11.4 Å². The summed E-state index contributed by atoms with van der Waals surface area (Å²) < 4.78 is 12.3. The van der Waals surface area contributed by atoms with Crippen LogP contribution in [0.15, 0.2) is 48.5 Å². The van der Waals surface area contributed by atoms with E-state index in [9.17, 15) is 4.39 Å². The van der Waals surface area contributed by atoms with Gasteiger partial charge in [-0.1, -0.05) is 30.3 Å². The Hall–Kier alpha value is -2.62. The highest BCUT2D eigenvalue weighted by Gasteiger charge is 2.00. The van der Waals surface area contributed by atoms with E-state index < -0.39 is 0 Å². The minimum Gasteiger partial charge on any atom is -0.372 e. The number of nitrogens with one attached hydrogen (secondary N) is 1. The molecule has 0 saturated carbocycles. The second-order valence-electron chi connectivity index (χ2n) is 5.17. The average molecular weight is 295 g/mol. The van der Waals surface area contributed by atoms with Gasteiger partial charge in [0.2, 0.25) is 0 Å². The number of H-pyrrole nitrogens is 1. The van der Waals surface area contributed by atoms with Crippen LogP contribution in [0.2, 0.25) is 0 Å². The molecule has 0 saturated heterocycles. The van der Waals surface area contributed by atoms with Crippen LogP contribution >= 0.6 is 0 Å². The Bertz CT molecular complexity index is 741. The molecule has 3 rings (SSSR count). The van der Waals surface area contributed by atoms with Gasteiger partial charge < -0.3 is 9.88 Å². The van der Waals surface area contributed by atoms with Crippen molar-refractivity contribution >= 4 is 28.9 Å². The Morgan fingerprint density at radius 1 is 1.09 bits per heavy atom. The van der Waals surface area contributed by atoms with Crippen molar-refractivity contribution < 1.29 is 4.39 Å². The van der Waals surface area contributed by atoms with Crippen LogP contribution < -0.4 is 4.90 Å². The van der Waals surface area contributed by atoms with Crippen molar-refractivity contribution in [1.82, 2.24) is 9.97 Å². The van der Waals surface area contributed by atoms with Crippen molar-refractivity contribution in [2.24, 2.45) is 0 Å². The van der Waals surface area contributed by atoms with Gasteiger partial charge in [0.15, 0.2) is 0 Å². The number of hydrogen-bond donors (Lipinski definition) is 1. The summed E-state index contributed by atoms with van der Waals surface area (Å²) in [6.07, 6.45) is 3.97. The van der Waals surface area contributed by atoms with Gasteiger partial charge in [-0.25, -0.2) is 9.37 Å². The molecule has 22 heavy (non-hydrogen) atoms. The number of anilines is 1. The molecule has 3 nitrogen and oxygen atoms in total. The number of nitrogens with zero attached hydrogens (tertiary/aromatic N) is 2. The molecule has 0 spiro atoms. The predicted octanol–water partition coefficient (Wildman–Crippen LogP) is 4.14. The smallest absolute Gasteiger partial charge is 0.131 e. The topological polar surface area (TPSA) is 31.9 Å². The van der Waals surface area contributed by atoms with Crippen molar-refractivity contribution in [2.75, 3.05) is 25.2 Å². The lowest BCUT2D eigenvalue weighted by atomic mass is 10.2. The van der Waals surface area contributed by atoms with Gasteiger partial charge in [-0.15, -0.1) is 0 Å². The van der Waals surface area contributed by atoms with Crippen LogP contribution in [0.25, 0.3) is 23.2 Å². The van der Waals surface area contributed by atoms with E-state index in [1.54, 1.807) is 0 Å². The number of aromatic amines is 1. The van der Waals surface area contributed by atoms with Gasteiger partial charge in [0.25, 0.3) is 0 Å². The molecule has 112 valence electrons. The first-order valence-corrected chi connectivity index (χ1v) is 7.26. The number of aromatic nitrogens is 2. The molecule has 1 N–H and O–H groups in total. The normalized spacial score (nSPS) is 11.4. The van der Waals surface area contributed by atoms with E-state index in [0.29, 0.717) is 6.54 Å². The molecule has 2 aromatic carbocycles. The SMILES string of the molecule is CN(CCF)c1ccc(/C=C/c2nc3ccccc3[nH]2)cc1. The Balaban J connectivity index is 1.74. The highest BCUT2D eigenvalue weighted by molar-refractivity contribution is 5.78. The lowest BCUT2D eigenvalue weighted by Crippen LogP contribution is -2.19. The third-order valence-electron chi connectivity index (χ3n) is 3.60. The van der Waals surface area contributed by atoms with E-state index in [-0.39, 0.29) is 6.67 Å². The third-order valence-corrected chi connectivity index (χ3v) is 3.60. The number of benzene rings is 2. The fourth-order valence-corrected chi connectivity index (χ4v) is 2.32. The van der Waals surface area contributed by atoms with Gasteiger partial charge >= 0.3 is 0 Å². The summed E-state index contributed by atoms with van der Waals surface area (Å²) in [4.78, 5) is 9.67. The molecular weight excluding hydrogens is 277 g/mol. The third kappa shape index (κ3) is 3.17. The summed E-state index contributed by atoms with van der Waals surface area (Å²) >= 11 is 0. The molecule has 0 amide bonds. The molecule has 0 aliphatic heterocycles. The highest BCUT2D eigenvalue weighted by atomic mass is 19.1. The van der Waals surface area contributed by atoms with Crippen LogP contribution in [0.3, 0.4) is 0 Å². The minimum atomic E-state index is -0.343. The van der Waals surface area contributed by atoms with Crippen LogP contribution in [0.5, 0.6) is 0 Å². The predicted molar refractivity (Wildman–Crippen MR) is 90.7 cm³/mol. The Morgan fingerprint density at radius 3 is 2.59 bits per heavy atom. The van der Waals surface area contributed by atoms with Gasteiger partial charge in [-0.05, 0) is 35.9 Å². The molecule has 0 fully saturated rings. The first-order chi connectivity index (χ1) is 10.8. The molecular formula is C18H18FN3. The highest BCUT2D eigenvalue weighted by Crippen LogP contribution is 2.16. The molecule has 3 aromatic rings. The Morgan fingerprint density at radius 2 is 1.86 bits per heavy atom. The summed E-state index contributed by atoms with van der Waals surface area (Å²) in [6.45, 7) is 0.0678. The Labute approximate surface area is 129 Å². The second-order valence-corrected chi connectivity index (χ2v) is 5.17. The zero-order chi connectivity index (χ0) is 15.4. The summed E-state index contributed by atoms with van der Waals surface area (Å²) in [5.74, 6) is 0.833. The first kappa shape index (κ1) is 14.3. The lowest BCUT2D eigenvalue weighted by molar-refractivity contribution is 0.497. The van der Waals surface area contributed by atoms with Gasteiger partial charge in [0.1, 0.15) is 12.5 Å². The maximum absolute atomic E-state index is 12.3. The molecule has 4 heteroatoms. The standard InChI is InChI=1S/C18H18FN3/c1-22(13-12-19)15-9-6-14(7-10-15)8-11-18-20-16-4-2-3-5-17(16)21-18/h2-11H,12-13H2,1H3,(H,20,21)/b11-8+. The van der Waals surface area contributed by atoms with E-state index in [1.807, 2.05) is 72.6 Å². The summed E-state index contributed by atoms with van der Waals surface area (Å²) in [5, 5.41) is 0. The summed E-state index contributed by atoms with van der Waals surface area (Å²) in [6, 6.07) is 16.0. The average Bonchev–Trinajstić information content (AvgIpc) is 2.96. The number of hydrogen-bond acceptors (Lipinski definition) is 2. The van der Waals surface area contributed by atoms with E-state index >= 15 is 0 Å². The van der Waals surface area contributed by atoms with E-state index in [2.05, 4.69) is 9.97 Å². The van der Waals surface area contributed by atoms with Crippen molar-refractivity contribution in [3.05, 3.63) is 59.9 Å². The lowest BCUT2D eigenvalue weighted by Gasteiger charge is -2.17. The van der Waals surface area contributed by atoms with Gasteiger partial charge in [-0.2, -0.15) is 0 Å². The number of alkyl halides is 1. The quantitative estimate of drug-likeness (QED) is 0.767. The molecule has 0 bridgehead atoms. The van der Waals surface area contributed by atoms with Gasteiger partial charge in [0, 0.05) is 19.3 Å². The number of halogens is 1. The summed E-state index contributed by atoms with van der Waals surface area (Å²) in [5.41, 5.74) is 4.09. The molecule has 0 aliphatic carbocycles. The first-order valence-electron chi connectivity index (χ1n) is 7.26. The van der Waals surface area contributed by atoms with Crippen molar-refractivity contribution in [3.63, 3.8) is 0 Å². The fourth-order valence-electron chi connectivity index (χ4n) is 2.32. The maximum atomic E-state index is 12.3. The van der Waals surface area contributed by atoms with E-state index in [0.717, 1.165) is 28.1 Å². The second kappa shape index (κ2) is 6.43. The van der Waals surface area contributed by atoms with Crippen LogP contribution in [0.4, 0.5) is 10.1 Å². The van der Waals surface area contributed by atoms with Gasteiger partial charge in [-0.3, -0.25) is 0 Å². The molecule has 0 unspecified atom stereocenters. The Kier molecular flexibility index (Phi) is 4.19. The molecule has 0 radical (unpaired) electrons. The van der Waals surface area contributed by atoms with E-state index in [1.165, 1.54) is 0 Å². The molecule has 1 aromatic heterocycles. The summed E-state index contributed by atoms with van der Waals surface area (Å²) in [7, 11) is 1.89. The van der Waals surface area contributed by atoms with Crippen LogP contribution in [-0.4, -0.2) is 30.2 Å². The number of rotatable bonds is 5. The monoisotopic (exact) mass is 295 g/mol. The molecule has 0 atom stereocenters.